The standard InChI is InChI=1S/C19H25N7O3S2/c1-31(27,28)26-6-4-23(5-7-26)13-15-12-16-17(30-15)18(24-8-10-29-11-9-24)22-19(21-16)25-3-2-20-14-25/h2-3,12,14H,4-11,13H2,1H3. The zero-order chi connectivity index (χ0) is 21.4. The van der Waals surface area contributed by atoms with Gasteiger partial charge in [-0.3, -0.25) is 9.47 Å². The smallest absolute Gasteiger partial charge is 0.237 e. The molecule has 12 heteroatoms. The van der Waals surface area contributed by atoms with E-state index in [1.54, 1.807) is 28.2 Å². The normalized spacial score (nSPS) is 19.3. The molecule has 0 amide bonds. The van der Waals surface area contributed by atoms with Gasteiger partial charge in [0.1, 0.15) is 6.33 Å². The second-order valence-electron chi connectivity index (χ2n) is 7.78. The molecule has 5 heterocycles. The van der Waals surface area contributed by atoms with Crippen molar-refractivity contribution in [3.05, 3.63) is 29.7 Å². The Hall–Kier alpha value is -2.12. The molecule has 2 fully saturated rings. The molecular weight excluding hydrogens is 438 g/mol. The molecule has 0 aromatic carbocycles. The van der Waals surface area contributed by atoms with E-state index in [1.165, 1.54) is 11.1 Å². The third-order valence-electron chi connectivity index (χ3n) is 5.62. The lowest BCUT2D eigenvalue weighted by molar-refractivity contribution is 0.122. The van der Waals surface area contributed by atoms with Gasteiger partial charge in [-0.15, -0.1) is 11.3 Å². The van der Waals surface area contributed by atoms with E-state index < -0.39 is 10.0 Å². The van der Waals surface area contributed by atoms with E-state index in [9.17, 15) is 8.42 Å². The first kappa shape index (κ1) is 20.8. The van der Waals surface area contributed by atoms with E-state index in [0.717, 1.165) is 48.8 Å². The van der Waals surface area contributed by atoms with Crippen LogP contribution in [0, 0.1) is 0 Å². The van der Waals surface area contributed by atoms with Gasteiger partial charge in [-0.05, 0) is 6.07 Å². The summed E-state index contributed by atoms with van der Waals surface area (Å²) >= 11 is 1.72. The lowest BCUT2D eigenvalue weighted by atomic mass is 10.3. The molecule has 0 aliphatic carbocycles. The molecule has 2 saturated heterocycles. The molecule has 0 spiro atoms. The number of thiophene rings is 1. The summed E-state index contributed by atoms with van der Waals surface area (Å²) < 4.78 is 33.5. The van der Waals surface area contributed by atoms with Crippen LogP contribution in [0.1, 0.15) is 4.88 Å². The van der Waals surface area contributed by atoms with Crippen LogP contribution in [0.15, 0.2) is 24.8 Å². The molecule has 2 aliphatic heterocycles. The Morgan fingerprint density at radius 3 is 2.55 bits per heavy atom. The summed E-state index contributed by atoms with van der Waals surface area (Å²) in [4.78, 5) is 19.5. The Morgan fingerprint density at radius 2 is 1.87 bits per heavy atom. The van der Waals surface area contributed by atoms with E-state index in [4.69, 9.17) is 14.7 Å². The second kappa shape index (κ2) is 8.43. The van der Waals surface area contributed by atoms with Gasteiger partial charge in [0.25, 0.3) is 0 Å². The van der Waals surface area contributed by atoms with Gasteiger partial charge in [0.15, 0.2) is 5.82 Å². The first-order chi connectivity index (χ1) is 15.0. The van der Waals surface area contributed by atoms with Crippen molar-refractivity contribution in [3.63, 3.8) is 0 Å². The first-order valence-electron chi connectivity index (χ1n) is 10.3. The maximum Gasteiger partial charge on any atom is 0.237 e. The van der Waals surface area contributed by atoms with Crippen molar-refractivity contribution in [2.75, 3.05) is 63.6 Å². The lowest BCUT2D eigenvalue weighted by Crippen LogP contribution is -2.47. The average molecular weight is 464 g/mol. The molecule has 0 atom stereocenters. The molecule has 10 nitrogen and oxygen atoms in total. The number of rotatable bonds is 5. The zero-order valence-corrected chi connectivity index (χ0v) is 19.0. The number of fused-ring (bicyclic) bond motifs is 1. The van der Waals surface area contributed by atoms with E-state index in [0.29, 0.717) is 32.3 Å². The summed E-state index contributed by atoms with van der Waals surface area (Å²) in [6.07, 6.45) is 6.55. The maximum absolute atomic E-state index is 11.8. The van der Waals surface area contributed by atoms with Crippen molar-refractivity contribution in [2.45, 2.75) is 6.54 Å². The molecule has 0 radical (unpaired) electrons. The molecule has 3 aromatic heterocycles. The minimum absolute atomic E-state index is 0.535. The third kappa shape index (κ3) is 4.44. The summed E-state index contributed by atoms with van der Waals surface area (Å²) in [6.45, 7) is 6.28. The van der Waals surface area contributed by atoms with Crippen molar-refractivity contribution >= 4 is 37.4 Å². The van der Waals surface area contributed by atoms with Crippen LogP contribution in [-0.4, -0.2) is 95.9 Å². The highest BCUT2D eigenvalue weighted by Crippen LogP contribution is 2.34. The second-order valence-corrected chi connectivity index (χ2v) is 10.9. The number of imidazole rings is 1. The number of sulfonamides is 1. The maximum atomic E-state index is 11.8. The zero-order valence-electron chi connectivity index (χ0n) is 17.3. The van der Waals surface area contributed by atoms with Gasteiger partial charge in [-0.1, -0.05) is 0 Å². The van der Waals surface area contributed by atoms with Crippen molar-refractivity contribution in [3.8, 4) is 5.95 Å². The fourth-order valence-corrected chi connectivity index (χ4v) is 5.93. The third-order valence-corrected chi connectivity index (χ3v) is 8.03. The van der Waals surface area contributed by atoms with E-state index in [1.807, 2.05) is 10.8 Å². The summed E-state index contributed by atoms with van der Waals surface area (Å²) in [5.74, 6) is 1.55. The van der Waals surface area contributed by atoms with Crippen LogP contribution in [0.25, 0.3) is 16.2 Å². The van der Waals surface area contributed by atoms with Gasteiger partial charge < -0.3 is 9.64 Å². The SMILES string of the molecule is CS(=O)(=O)N1CCN(Cc2cc3nc(-n4ccnc4)nc(N4CCOCC4)c3s2)CC1. The van der Waals surface area contributed by atoms with Crippen molar-refractivity contribution in [1.29, 1.82) is 0 Å². The summed E-state index contributed by atoms with van der Waals surface area (Å²) in [5, 5.41) is 0. The average Bonchev–Trinajstić information content (AvgIpc) is 3.43. The molecule has 0 N–H and O–H groups in total. The minimum atomic E-state index is -3.12. The monoisotopic (exact) mass is 463 g/mol. The molecule has 0 bridgehead atoms. The number of morpholine rings is 1. The number of aromatic nitrogens is 4. The predicted molar refractivity (Wildman–Crippen MR) is 119 cm³/mol. The molecule has 31 heavy (non-hydrogen) atoms. The highest BCUT2D eigenvalue weighted by molar-refractivity contribution is 7.88. The van der Waals surface area contributed by atoms with Gasteiger partial charge in [0.05, 0.1) is 29.7 Å². The number of nitrogens with zero attached hydrogens (tertiary/aromatic N) is 7. The van der Waals surface area contributed by atoms with Crippen molar-refractivity contribution in [1.82, 2.24) is 28.7 Å². The van der Waals surface area contributed by atoms with E-state index in [2.05, 4.69) is 20.9 Å². The molecule has 3 aromatic rings. The summed E-state index contributed by atoms with van der Waals surface area (Å²) in [5.41, 5.74) is 0.926. The highest BCUT2D eigenvalue weighted by atomic mass is 32.2. The Bertz CT molecular complexity index is 1150. The minimum Gasteiger partial charge on any atom is -0.378 e. The molecule has 166 valence electrons. The number of anilines is 1. The van der Waals surface area contributed by atoms with Crippen LogP contribution in [0.3, 0.4) is 0 Å². The van der Waals surface area contributed by atoms with Crippen LogP contribution in [0.2, 0.25) is 0 Å². The highest BCUT2D eigenvalue weighted by Gasteiger charge is 2.25. The molecule has 0 saturated carbocycles. The predicted octanol–water partition coefficient (Wildman–Crippen LogP) is 0.791. The molecule has 5 rings (SSSR count). The number of piperazine rings is 1. The lowest BCUT2D eigenvalue weighted by Gasteiger charge is -2.32. The van der Waals surface area contributed by atoms with E-state index in [-0.39, 0.29) is 0 Å². The first-order valence-corrected chi connectivity index (χ1v) is 12.9. The fraction of sp³-hybridized carbons (Fsp3) is 0.526. The number of hydrogen-bond acceptors (Lipinski definition) is 9. The van der Waals surface area contributed by atoms with Crippen LogP contribution in [0.5, 0.6) is 0 Å². The Labute approximate surface area is 185 Å². The Morgan fingerprint density at radius 1 is 1.10 bits per heavy atom. The van der Waals surface area contributed by atoms with Gasteiger partial charge in [0, 0.05) is 63.1 Å². The topological polar surface area (TPSA) is 96.7 Å². The summed E-state index contributed by atoms with van der Waals surface area (Å²) in [6, 6.07) is 2.13. The fourth-order valence-electron chi connectivity index (χ4n) is 3.95. The molecule has 0 unspecified atom stereocenters. The van der Waals surface area contributed by atoms with Gasteiger partial charge >= 0.3 is 0 Å². The van der Waals surface area contributed by atoms with E-state index >= 15 is 0 Å². The van der Waals surface area contributed by atoms with Crippen LogP contribution in [0.4, 0.5) is 5.82 Å². The van der Waals surface area contributed by atoms with Gasteiger partial charge in [-0.2, -0.15) is 9.29 Å². The summed E-state index contributed by atoms with van der Waals surface area (Å²) in [7, 11) is -3.12. The molecule has 2 aliphatic rings. The quantitative estimate of drug-likeness (QED) is 0.548. The van der Waals surface area contributed by atoms with Crippen LogP contribution >= 0.6 is 11.3 Å². The van der Waals surface area contributed by atoms with Crippen LogP contribution < -0.4 is 4.90 Å². The van der Waals surface area contributed by atoms with Crippen molar-refractivity contribution in [2.24, 2.45) is 0 Å². The largest absolute Gasteiger partial charge is 0.378 e. The number of ether oxygens (including phenoxy) is 1. The van der Waals surface area contributed by atoms with Crippen molar-refractivity contribution < 1.29 is 13.2 Å². The Balaban J connectivity index is 1.43. The molecular formula is C19H25N7O3S2. The van der Waals surface area contributed by atoms with Gasteiger partial charge in [-0.25, -0.2) is 18.4 Å². The van der Waals surface area contributed by atoms with Crippen LogP contribution in [-0.2, 0) is 21.3 Å². The van der Waals surface area contributed by atoms with Gasteiger partial charge in [0.2, 0.25) is 16.0 Å². The Kier molecular flexibility index (Phi) is 5.65. The number of hydrogen-bond donors (Lipinski definition) is 0.